The third kappa shape index (κ3) is 2.05. The van der Waals surface area contributed by atoms with Gasteiger partial charge in [0.25, 0.3) is 0 Å². The lowest BCUT2D eigenvalue weighted by atomic mass is 10.4. The first-order chi connectivity index (χ1) is 5.24. The lowest BCUT2D eigenvalue weighted by Crippen LogP contribution is -2.14. The molecule has 0 radical (unpaired) electrons. The molecule has 0 saturated heterocycles. The first-order valence-electron chi connectivity index (χ1n) is 3.89. The van der Waals surface area contributed by atoms with E-state index in [4.69, 9.17) is 0 Å². The maximum Gasteiger partial charge on any atom is 0.0523 e. The minimum absolute atomic E-state index is 0.955. The summed E-state index contributed by atoms with van der Waals surface area (Å²) in [5, 5.41) is 4.18. The van der Waals surface area contributed by atoms with Crippen LogP contribution in [-0.2, 0) is 13.1 Å². The number of aromatic nitrogens is 2. The highest BCUT2D eigenvalue weighted by Gasteiger charge is 2.00. The summed E-state index contributed by atoms with van der Waals surface area (Å²) in [6, 6.07) is 2.06. The molecule has 0 aliphatic carbocycles. The molecule has 0 bridgehead atoms. The molecule has 1 heterocycles. The Labute approximate surface area is 67.6 Å². The van der Waals surface area contributed by atoms with Crippen LogP contribution in [0.15, 0.2) is 12.3 Å². The van der Waals surface area contributed by atoms with Crippen molar-refractivity contribution in [2.24, 2.45) is 0 Å². The molecule has 0 N–H and O–H groups in total. The van der Waals surface area contributed by atoms with Gasteiger partial charge < -0.3 is 4.90 Å². The van der Waals surface area contributed by atoms with E-state index in [-0.39, 0.29) is 0 Å². The van der Waals surface area contributed by atoms with Crippen LogP contribution in [0.25, 0.3) is 0 Å². The van der Waals surface area contributed by atoms with Crippen LogP contribution in [0, 0.1) is 0 Å². The molecule has 1 aromatic heterocycles. The summed E-state index contributed by atoms with van der Waals surface area (Å²) >= 11 is 0. The molecule has 0 unspecified atom stereocenters. The summed E-state index contributed by atoms with van der Waals surface area (Å²) in [4.78, 5) is 2.14. The molecular weight excluding hydrogens is 138 g/mol. The smallest absolute Gasteiger partial charge is 0.0523 e. The maximum atomic E-state index is 4.18. The van der Waals surface area contributed by atoms with Gasteiger partial charge in [-0.3, -0.25) is 4.68 Å². The Morgan fingerprint density at radius 3 is 2.82 bits per heavy atom. The molecule has 0 fully saturated rings. The van der Waals surface area contributed by atoms with Gasteiger partial charge in [-0.15, -0.1) is 0 Å². The summed E-state index contributed by atoms with van der Waals surface area (Å²) in [6.07, 6.45) is 1.85. The normalized spacial score (nSPS) is 10.9. The number of rotatable bonds is 3. The summed E-state index contributed by atoms with van der Waals surface area (Å²) in [7, 11) is 4.12. The van der Waals surface area contributed by atoms with Gasteiger partial charge >= 0.3 is 0 Å². The fraction of sp³-hybridized carbons (Fsp3) is 0.625. The summed E-state index contributed by atoms with van der Waals surface area (Å²) in [5.74, 6) is 0. The van der Waals surface area contributed by atoms with Crippen LogP contribution >= 0.6 is 0 Å². The zero-order chi connectivity index (χ0) is 8.27. The largest absolute Gasteiger partial charge is 0.304 e. The Morgan fingerprint density at radius 2 is 2.27 bits per heavy atom. The molecule has 3 nitrogen and oxygen atoms in total. The first kappa shape index (κ1) is 8.27. The van der Waals surface area contributed by atoms with E-state index in [1.165, 1.54) is 5.69 Å². The zero-order valence-corrected chi connectivity index (χ0v) is 7.41. The molecule has 0 spiro atoms. The zero-order valence-electron chi connectivity index (χ0n) is 7.41. The van der Waals surface area contributed by atoms with Crippen LogP contribution in [0.4, 0.5) is 0 Å². The lowest BCUT2D eigenvalue weighted by molar-refractivity contribution is 0.383. The molecule has 0 saturated carbocycles. The van der Waals surface area contributed by atoms with Crippen molar-refractivity contribution >= 4 is 0 Å². The number of hydrogen-bond donors (Lipinski definition) is 0. The van der Waals surface area contributed by atoms with E-state index in [0.29, 0.717) is 0 Å². The summed E-state index contributed by atoms with van der Waals surface area (Å²) in [5.41, 5.74) is 1.28. The van der Waals surface area contributed by atoms with Gasteiger partial charge in [-0.2, -0.15) is 5.10 Å². The average Bonchev–Trinajstić information content (AvgIpc) is 2.34. The van der Waals surface area contributed by atoms with Crippen molar-refractivity contribution < 1.29 is 0 Å². The molecule has 0 amide bonds. The maximum absolute atomic E-state index is 4.18. The summed E-state index contributed by atoms with van der Waals surface area (Å²) < 4.78 is 2.01. The van der Waals surface area contributed by atoms with Gasteiger partial charge in [-0.1, -0.05) is 0 Å². The third-order valence-corrected chi connectivity index (χ3v) is 1.58. The minimum atomic E-state index is 0.955. The minimum Gasteiger partial charge on any atom is -0.304 e. The average molecular weight is 153 g/mol. The van der Waals surface area contributed by atoms with Crippen molar-refractivity contribution in [2.75, 3.05) is 14.1 Å². The fourth-order valence-corrected chi connectivity index (χ4v) is 1.10. The van der Waals surface area contributed by atoms with Crippen LogP contribution in [-0.4, -0.2) is 28.8 Å². The molecule has 0 aromatic carbocycles. The molecule has 1 rings (SSSR count). The van der Waals surface area contributed by atoms with Gasteiger partial charge in [0.2, 0.25) is 0 Å². The monoisotopic (exact) mass is 153 g/mol. The third-order valence-electron chi connectivity index (χ3n) is 1.58. The van der Waals surface area contributed by atoms with Crippen molar-refractivity contribution in [3.05, 3.63) is 18.0 Å². The highest BCUT2D eigenvalue weighted by molar-refractivity contribution is 4.99. The summed E-state index contributed by atoms with van der Waals surface area (Å²) in [6.45, 7) is 4.02. The number of nitrogens with zero attached hydrogens (tertiary/aromatic N) is 3. The van der Waals surface area contributed by atoms with E-state index in [2.05, 4.69) is 37.1 Å². The molecule has 0 aliphatic rings. The Hall–Kier alpha value is -0.830. The van der Waals surface area contributed by atoms with Gasteiger partial charge in [-0.25, -0.2) is 0 Å². The second kappa shape index (κ2) is 3.53. The van der Waals surface area contributed by atoms with E-state index in [9.17, 15) is 0 Å². The number of aryl methyl sites for hydroxylation is 1. The van der Waals surface area contributed by atoms with Crippen LogP contribution in [0.1, 0.15) is 12.6 Å². The van der Waals surface area contributed by atoms with Crippen molar-refractivity contribution in [1.82, 2.24) is 14.7 Å². The Balaban J connectivity index is 2.68. The standard InChI is InChI=1S/C8H15N3/c1-4-11-8(5-6-9-11)7-10(2)3/h5-6H,4,7H2,1-3H3. The van der Waals surface area contributed by atoms with E-state index >= 15 is 0 Å². The Bertz CT molecular complexity index is 215. The fourth-order valence-electron chi connectivity index (χ4n) is 1.10. The molecule has 0 aliphatic heterocycles. The van der Waals surface area contributed by atoms with Gasteiger partial charge in [0.15, 0.2) is 0 Å². The predicted octanol–water partition coefficient (Wildman–Crippen LogP) is 0.965. The van der Waals surface area contributed by atoms with Crippen molar-refractivity contribution in [3.63, 3.8) is 0 Å². The highest BCUT2D eigenvalue weighted by Crippen LogP contribution is 2.00. The Morgan fingerprint density at radius 1 is 1.55 bits per heavy atom. The van der Waals surface area contributed by atoms with E-state index in [1.807, 2.05) is 10.9 Å². The van der Waals surface area contributed by atoms with Crippen LogP contribution in [0.3, 0.4) is 0 Å². The van der Waals surface area contributed by atoms with E-state index < -0.39 is 0 Å². The van der Waals surface area contributed by atoms with Crippen molar-refractivity contribution in [3.8, 4) is 0 Å². The molecular formula is C8H15N3. The second-order valence-corrected chi connectivity index (χ2v) is 2.88. The van der Waals surface area contributed by atoms with Crippen LogP contribution in [0.5, 0.6) is 0 Å². The quantitative estimate of drug-likeness (QED) is 0.645. The topological polar surface area (TPSA) is 21.1 Å². The molecule has 62 valence electrons. The van der Waals surface area contributed by atoms with Crippen LogP contribution < -0.4 is 0 Å². The SMILES string of the molecule is CCn1nccc1CN(C)C. The Kier molecular flexibility index (Phi) is 2.65. The lowest BCUT2D eigenvalue weighted by Gasteiger charge is -2.10. The van der Waals surface area contributed by atoms with Gasteiger partial charge in [-0.05, 0) is 27.1 Å². The van der Waals surface area contributed by atoms with Crippen molar-refractivity contribution in [2.45, 2.75) is 20.0 Å². The van der Waals surface area contributed by atoms with Gasteiger partial charge in [0.05, 0.1) is 5.69 Å². The van der Waals surface area contributed by atoms with Crippen molar-refractivity contribution in [1.29, 1.82) is 0 Å². The second-order valence-electron chi connectivity index (χ2n) is 2.88. The van der Waals surface area contributed by atoms with Gasteiger partial charge in [0.1, 0.15) is 0 Å². The molecule has 0 atom stereocenters. The van der Waals surface area contributed by atoms with Crippen LogP contribution in [0.2, 0.25) is 0 Å². The first-order valence-corrected chi connectivity index (χ1v) is 3.89. The molecule has 11 heavy (non-hydrogen) atoms. The number of hydrogen-bond acceptors (Lipinski definition) is 2. The van der Waals surface area contributed by atoms with Gasteiger partial charge in [0, 0.05) is 19.3 Å². The highest BCUT2D eigenvalue weighted by atomic mass is 15.3. The molecule has 3 heteroatoms. The van der Waals surface area contributed by atoms with E-state index in [0.717, 1.165) is 13.1 Å². The molecule has 1 aromatic rings. The van der Waals surface area contributed by atoms with E-state index in [1.54, 1.807) is 0 Å². The predicted molar refractivity (Wildman–Crippen MR) is 45.3 cm³/mol.